The van der Waals surface area contributed by atoms with E-state index < -0.39 is 11.9 Å². The third-order valence-corrected chi connectivity index (χ3v) is 2.80. The number of amides is 2. The summed E-state index contributed by atoms with van der Waals surface area (Å²) in [6, 6.07) is 0.642. The Labute approximate surface area is 104 Å². The number of rotatable bonds is 2. The maximum Gasteiger partial charge on any atom is 0.256 e. The lowest BCUT2D eigenvalue weighted by molar-refractivity contribution is -0.122. The van der Waals surface area contributed by atoms with E-state index in [0.717, 1.165) is 0 Å². The molecule has 0 saturated carbocycles. The van der Waals surface area contributed by atoms with E-state index in [9.17, 15) is 14.7 Å². The highest BCUT2D eigenvalue weighted by molar-refractivity contribution is 5.97. The molecular formula is C11H14N4O3. The Morgan fingerprint density at radius 3 is 2.94 bits per heavy atom. The summed E-state index contributed by atoms with van der Waals surface area (Å²) in [5.41, 5.74) is 5.50. The summed E-state index contributed by atoms with van der Waals surface area (Å²) in [7, 11) is 0. The molecule has 4 N–H and O–H groups in total. The van der Waals surface area contributed by atoms with Crippen LogP contribution in [0.15, 0.2) is 18.5 Å². The molecule has 0 spiro atoms. The second kappa shape index (κ2) is 5.01. The van der Waals surface area contributed by atoms with Crippen molar-refractivity contribution in [3.8, 4) is 5.75 Å². The Morgan fingerprint density at radius 1 is 1.50 bits per heavy atom. The quantitative estimate of drug-likeness (QED) is 0.603. The third kappa shape index (κ3) is 2.40. The van der Waals surface area contributed by atoms with Crippen molar-refractivity contribution in [1.29, 1.82) is 0 Å². The molecule has 1 fully saturated rings. The highest BCUT2D eigenvalue weighted by atomic mass is 16.3. The van der Waals surface area contributed by atoms with Gasteiger partial charge in [-0.1, -0.05) is 0 Å². The van der Waals surface area contributed by atoms with Gasteiger partial charge in [-0.15, -0.1) is 0 Å². The molecule has 1 aliphatic rings. The molecule has 7 heteroatoms. The fraction of sp³-hybridized carbons (Fsp3) is 0.364. The van der Waals surface area contributed by atoms with Crippen molar-refractivity contribution in [3.63, 3.8) is 0 Å². The van der Waals surface area contributed by atoms with Crippen LogP contribution in [0.3, 0.4) is 0 Å². The van der Waals surface area contributed by atoms with Crippen LogP contribution in [0.5, 0.6) is 5.75 Å². The summed E-state index contributed by atoms with van der Waals surface area (Å²) in [5.74, 6) is -1.00. The molecule has 96 valence electrons. The molecule has 2 rings (SSSR count). The Bertz CT molecular complexity index is 477. The smallest absolute Gasteiger partial charge is 0.256 e. The average Bonchev–Trinajstić information content (AvgIpc) is 2.38. The molecule has 18 heavy (non-hydrogen) atoms. The Hall–Kier alpha value is -2.15. The minimum absolute atomic E-state index is 0.0911. The molecule has 1 atom stereocenters. The number of nitrogens with two attached hydrogens (primary N) is 1. The molecule has 1 aliphatic heterocycles. The third-order valence-electron chi connectivity index (χ3n) is 2.80. The molecule has 0 aromatic carbocycles. The van der Waals surface area contributed by atoms with E-state index >= 15 is 0 Å². The van der Waals surface area contributed by atoms with E-state index in [1.54, 1.807) is 0 Å². The number of primary amides is 1. The largest absolute Gasteiger partial charge is 0.506 e. The topological polar surface area (TPSA) is 109 Å². The Balaban J connectivity index is 2.23. The van der Waals surface area contributed by atoms with Crippen LogP contribution in [-0.4, -0.2) is 52.5 Å². The van der Waals surface area contributed by atoms with Gasteiger partial charge in [0.1, 0.15) is 11.8 Å². The van der Waals surface area contributed by atoms with Crippen molar-refractivity contribution in [2.24, 2.45) is 5.73 Å². The first-order valence-electron chi connectivity index (χ1n) is 5.54. The van der Waals surface area contributed by atoms with Gasteiger partial charge in [0.05, 0.1) is 11.8 Å². The van der Waals surface area contributed by atoms with Gasteiger partial charge in [0.15, 0.2) is 0 Å². The van der Waals surface area contributed by atoms with Gasteiger partial charge in [0, 0.05) is 25.8 Å². The van der Waals surface area contributed by atoms with E-state index in [1.165, 1.54) is 23.4 Å². The van der Waals surface area contributed by atoms with Gasteiger partial charge in [-0.2, -0.15) is 0 Å². The molecule has 7 nitrogen and oxygen atoms in total. The zero-order valence-corrected chi connectivity index (χ0v) is 9.67. The molecule has 1 saturated heterocycles. The van der Waals surface area contributed by atoms with Crippen molar-refractivity contribution in [2.45, 2.75) is 6.04 Å². The number of nitrogens with one attached hydrogen (secondary N) is 1. The molecule has 1 aromatic rings. The molecule has 1 aromatic heterocycles. The van der Waals surface area contributed by atoms with Gasteiger partial charge in [-0.3, -0.25) is 14.6 Å². The van der Waals surface area contributed by atoms with E-state index in [-0.39, 0.29) is 17.2 Å². The second-order valence-corrected chi connectivity index (χ2v) is 4.05. The summed E-state index contributed by atoms with van der Waals surface area (Å²) >= 11 is 0. The van der Waals surface area contributed by atoms with Gasteiger partial charge < -0.3 is 21.1 Å². The van der Waals surface area contributed by atoms with E-state index in [4.69, 9.17) is 5.73 Å². The molecule has 2 heterocycles. The van der Waals surface area contributed by atoms with E-state index in [2.05, 4.69) is 10.3 Å². The van der Waals surface area contributed by atoms with Crippen molar-refractivity contribution >= 4 is 11.8 Å². The molecule has 0 aliphatic carbocycles. The van der Waals surface area contributed by atoms with Crippen molar-refractivity contribution in [3.05, 3.63) is 24.0 Å². The fourth-order valence-electron chi connectivity index (χ4n) is 1.91. The van der Waals surface area contributed by atoms with Crippen LogP contribution in [0.4, 0.5) is 0 Å². The number of aromatic nitrogens is 1. The SMILES string of the molecule is NC(=O)C1CNCCN1C(=O)c1cncc(O)c1. The molecule has 0 bridgehead atoms. The van der Waals surface area contributed by atoms with Crippen LogP contribution >= 0.6 is 0 Å². The predicted molar refractivity (Wildman–Crippen MR) is 62.8 cm³/mol. The lowest BCUT2D eigenvalue weighted by Crippen LogP contribution is -2.58. The standard InChI is InChI=1S/C11H14N4O3/c12-10(17)9-6-13-1-2-15(9)11(18)7-3-8(16)5-14-4-7/h3-5,9,13,16H,1-2,6H2,(H2,12,17). The van der Waals surface area contributed by atoms with Gasteiger partial charge in [0.25, 0.3) is 5.91 Å². The van der Waals surface area contributed by atoms with Crippen LogP contribution in [0, 0.1) is 0 Å². The van der Waals surface area contributed by atoms with Gasteiger partial charge in [0.2, 0.25) is 5.91 Å². The first kappa shape index (κ1) is 12.3. The molecule has 1 unspecified atom stereocenters. The Kier molecular flexibility index (Phi) is 3.42. The second-order valence-electron chi connectivity index (χ2n) is 4.05. The van der Waals surface area contributed by atoms with Crippen LogP contribution in [0.25, 0.3) is 0 Å². The van der Waals surface area contributed by atoms with Crippen molar-refractivity contribution in [1.82, 2.24) is 15.2 Å². The van der Waals surface area contributed by atoms with Crippen molar-refractivity contribution < 1.29 is 14.7 Å². The fourth-order valence-corrected chi connectivity index (χ4v) is 1.91. The maximum absolute atomic E-state index is 12.2. The molecule has 2 amide bonds. The first-order chi connectivity index (χ1) is 8.59. The van der Waals surface area contributed by atoms with Gasteiger partial charge >= 0.3 is 0 Å². The minimum atomic E-state index is -0.673. The highest BCUT2D eigenvalue weighted by Crippen LogP contribution is 2.13. The van der Waals surface area contributed by atoms with Crippen molar-refractivity contribution in [2.75, 3.05) is 19.6 Å². The summed E-state index contributed by atoms with van der Waals surface area (Å²) in [5, 5.41) is 12.3. The predicted octanol–water partition coefficient (Wildman–Crippen LogP) is -1.31. The number of carbonyl (C=O) groups excluding carboxylic acids is 2. The highest BCUT2D eigenvalue weighted by Gasteiger charge is 2.31. The van der Waals surface area contributed by atoms with Gasteiger partial charge in [-0.05, 0) is 6.07 Å². The number of hydrogen-bond acceptors (Lipinski definition) is 5. The van der Waals surface area contributed by atoms with E-state index in [0.29, 0.717) is 19.6 Å². The number of hydrogen-bond donors (Lipinski definition) is 3. The summed E-state index contributed by atoms with van der Waals surface area (Å²) < 4.78 is 0. The number of nitrogens with zero attached hydrogens (tertiary/aromatic N) is 2. The monoisotopic (exact) mass is 250 g/mol. The van der Waals surface area contributed by atoms with E-state index in [1.807, 2.05) is 0 Å². The normalized spacial score (nSPS) is 19.6. The first-order valence-corrected chi connectivity index (χ1v) is 5.54. The van der Waals surface area contributed by atoms with Crippen LogP contribution in [0.2, 0.25) is 0 Å². The molecule has 0 radical (unpaired) electrons. The average molecular weight is 250 g/mol. The molecular weight excluding hydrogens is 236 g/mol. The number of piperazine rings is 1. The zero-order chi connectivity index (χ0) is 13.1. The lowest BCUT2D eigenvalue weighted by atomic mass is 10.1. The lowest BCUT2D eigenvalue weighted by Gasteiger charge is -2.34. The summed E-state index contributed by atoms with van der Waals surface area (Å²) in [6.07, 6.45) is 2.59. The summed E-state index contributed by atoms with van der Waals surface area (Å²) in [6.45, 7) is 1.33. The van der Waals surface area contributed by atoms with Gasteiger partial charge in [-0.25, -0.2) is 0 Å². The number of carbonyl (C=O) groups is 2. The van der Waals surface area contributed by atoms with Crippen LogP contribution in [0.1, 0.15) is 10.4 Å². The summed E-state index contributed by atoms with van der Waals surface area (Å²) in [4.78, 5) is 28.6. The number of aromatic hydroxyl groups is 1. The maximum atomic E-state index is 12.2. The zero-order valence-electron chi connectivity index (χ0n) is 9.67. The van der Waals surface area contributed by atoms with Crippen LogP contribution < -0.4 is 11.1 Å². The minimum Gasteiger partial charge on any atom is -0.506 e. The number of pyridine rings is 1. The Morgan fingerprint density at radius 2 is 2.28 bits per heavy atom. The van der Waals surface area contributed by atoms with Crippen LogP contribution in [-0.2, 0) is 4.79 Å².